The van der Waals surface area contributed by atoms with Crippen LogP contribution in [0.3, 0.4) is 0 Å². The zero-order valence-electron chi connectivity index (χ0n) is 42.1. The van der Waals surface area contributed by atoms with Gasteiger partial charge in [-0.1, -0.05) is 78.9 Å². The summed E-state index contributed by atoms with van der Waals surface area (Å²) in [7, 11) is 2.17. The summed E-state index contributed by atoms with van der Waals surface area (Å²) in [6, 6.07) is 79.7. The molecule has 6 heteroatoms. The fraction of sp³-hybridized carbons (Fsp3) is 0.119. The van der Waals surface area contributed by atoms with Gasteiger partial charge in [0.2, 0.25) is 0 Å². The SMILES string of the molecule is CN(c1ccccc1Nc1cccc(Oc2c[c]3c4c5[c](cccc5n(-c5cc(C(C)(C)C)ccn5)c4c2)[Ge]32[c]3ccccc3C(C)(C)c3cccc[c]32)c1)c1c(-c2ccccc2)cccc1-c1ccccc1. The molecule has 2 aliphatic rings. The van der Waals surface area contributed by atoms with Gasteiger partial charge in [0.15, 0.2) is 0 Å². The molecule has 0 bridgehead atoms. The Morgan fingerprint density at radius 2 is 1.12 bits per heavy atom. The van der Waals surface area contributed by atoms with Crippen LogP contribution in [0.15, 0.2) is 225 Å². The molecule has 0 amide bonds. The third-order valence-electron chi connectivity index (χ3n) is 15.7. The van der Waals surface area contributed by atoms with Crippen LogP contribution >= 0.6 is 0 Å². The number of aromatic nitrogens is 2. The van der Waals surface area contributed by atoms with Gasteiger partial charge in [-0.05, 0) is 11.1 Å². The Balaban J connectivity index is 0.949. The third kappa shape index (κ3) is 7.00. The first kappa shape index (κ1) is 44.8. The molecule has 0 atom stereocenters. The fourth-order valence-electron chi connectivity index (χ4n) is 12.3. The normalized spacial score (nSPS) is 13.8. The number of para-hydroxylation sites is 3. The predicted molar refractivity (Wildman–Crippen MR) is 308 cm³/mol. The Kier molecular flexibility index (Phi) is 10.4. The molecule has 73 heavy (non-hydrogen) atoms. The van der Waals surface area contributed by atoms with Gasteiger partial charge in [-0.15, -0.1) is 0 Å². The summed E-state index contributed by atoms with van der Waals surface area (Å²) in [5.41, 5.74) is 14.9. The maximum atomic E-state index is 7.23. The molecule has 4 heterocycles. The van der Waals surface area contributed by atoms with Gasteiger partial charge in [0, 0.05) is 11.1 Å². The van der Waals surface area contributed by atoms with Crippen molar-refractivity contribution in [3.63, 3.8) is 0 Å². The van der Waals surface area contributed by atoms with E-state index in [1.165, 1.54) is 61.7 Å². The van der Waals surface area contributed by atoms with Crippen molar-refractivity contribution in [3.8, 4) is 39.6 Å². The van der Waals surface area contributed by atoms with Crippen LogP contribution in [0.25, 0.3) is 49.9 Å². The summed E-state index contributed by atoms with van der Waals surface area (Å²) in [6.45, 7) is 11.6. The monoisotopic (exact) mass is 1010 g/mol. The van der Waals surface area contributed by atoms with Crippen LogP contribution in [-0.4, -0.2) is 29.9 Å². The first-order chi connectivity index (χ1) is 35.5. The third-order valence-corrected chi connectivity index (χ3v) is 26.0. The summed E-state index contributed by atoms with van der Waals surface area (Å²) in [5.74, 6) is 2.48. The zero-order chi connectivity index (χ0) is 49.6. The van der Waals surface area contributed by atoms with E-state index in [0.717, 1.165) is 56.7 Å². The predicted octanol–water partition coefficient (Wildman–Crippen LogP) is 14.4. The molecule has 0 saturated heterocycles. The number of rotatable bonds is 9. The van der Waals surface area contributed by atoms with Gasteiger partial charge in [0.1, 0.15) is 0 Å². The van der Waals surface area contributed by atoms with Crippen molar-refractivity contribution >= 4 is 75.4 Å². The second kappa shape index (κ2) is 17.0. The Bertz CT molecular complexity index is 3850. The average Bonchev–Trinajstić information content (AvgIpc) is 3.95. The van der Waals surface area contributed by atoms with Crippen molar-refractivity contribution in [3.05, 3.63) is 241 Å². The summed E-state index contributed by atoms with van der Waals surface area (Å²) >= 11 is -3.72. The first-order valence-electron chi connectivity index (χ1n) is 25.4. The van der Waals surface area contributed by atoms with Crippen LogP contribution < -0.4 is 32.5 Å². The number of hydrogen-bond donors (Lipinski definition) is 1. The summed E-state index contributed by atoms with van der Waals surface area (Å²) in [6.07, 6.45) is 1.97. The van der Waals surface area contributed by atoms with Crippen molar-refractivity contribution in [1.29, 1.82) is 0 Å². The number of fused-ring (bicyclic) bond motifs is 6. The van der Waals surface area contributed by atoms with E-state index in [9.17, 15) is 0 Å². The molecule has 11 aromatic rings. The minimum absolute atomic E-state index is 0.0491. The average molecular weight is 1010 g/mol. The summed E-state index contributed by atoms with van der Waals surface area (Å²) in [4.78, 5) is 7.43. The van der Waals surface area contributed by atoms with Crippen LogP contribution in [-0.2, 0) is 10.8 Å². The van der Waals surface area contributed by atoms with Gasteiger partial charge in [0.25, 0.3) is 0 Å². The molecule has 0 aliphatic carbocycles. The topological polar surface area (TPSA) is 42.3 Å². The molecule has 0 saturated carbocycles. The molecule has 5 nitrogen and oxygen atoms in total. The van der Waals surface area contributed by atoms with E-state index in [0.29, 0.717) is 0 Å². The van der Waals surface area contributed by atoms with E-state index in [-0.39, 0.29) is 10.8 Å². The molecule has 0 radical (unpaired) electrons. The molecular weight excluding hydrogens is 949 g/mol. The fourth-order valence-corrected chi connectivity index (χ4v) is 24.9. The zero-order valence-corrected chi connectivity index (χ0v) is 44.2. The minimum Gasteiger partial charge on any atom is -0.0622 e. The van der Waals surface area contributed by atoms with Crippen LogP contribution in [0.1, 0.15) is 51.3 Å². The van der Waals surface area contributed by atoms with Crippen molar-refractivity contribution in [2.75, 3.05) is 17.3 Å². The first-order valence-corrected chi connectivity index (χ1v) is 29.6. The van der Waals surface area contributed by atoms with Gasteiger partial charge < -0.3 is 0 Å². The number of nitrogens with zero attached hydrogens (tertiary/aromatic N) is 3. The Hall–Kier alpha value is -8.13. The minimum atomic E-state index is -3.72. The van der Waals surface area contributed by atoms with E-state index < -0.39 is 13.3 Å². The number of anilines is 4. The van der Waals surface area contributed by atoms with Crippen LogP contribution in [0, 0.1) is 0 Å². The quantitative estimate of drug-likeness (QED) is 0.146. The smallest absolute Gasteiger partial charge is 0.0622 e. The van der Waals surface area contributed by atoms with Crippen molar-refractivity contribution in [2.24, 2.45) is 0 Å². The number of hydrogen-bond acceptors (Lipinski definition) is 4. The van der Waals surface area contributed by atoms with E-state index in [4.69, 9.17) is 9.72 Å². The molecule has 2 aromatic heterocycles. The molecule has 1 N–H and O–H groups in total. The molecule has 13 rings (SSSR count). The molecule has 0 fully saturated rings. The van der Waals surface area contributed by atoms with E-state index >= 15 is 0 Å². The van der Waals surface area contributed by atoms with Gasteiger partial charge in [-0.3, -0.25) is 0 Å². The second-order valence-corrected chi connectivity index (χ2v) is 29.0. The maximum absolute atomic E-state index is 7.23. The molecule has 354 valence electrons. The van der Waals surface area contributed by atoms with E-state index in [1.807, 2.05) is 6.20 Å². The van der Waals surface area contributed by atoms with E-state index in [2.05, 4.69) is 275 Å². The Labute approximate surface area is 430 Å². The van der Waals surface area contributed by atoms with Crippen LogP contribution in [0.5, 0.6) is 11.5 Å². The van der Waals surface area contributed by atoms with Crippen molar-refractivity contribution < 1.29 is 4.74 Å². The van der Waals surface area contributed by atoms with Gasteiger partial charge in [-0.2, -0.15) is 0 Å². The van der Waals surface area contributed by atoms with Crippen molar-refractivity contribution in [1.82, 2.24) is 9.55 Å². The molecule has 1 spiro atoms. The number of pyridine rings is 1. The van der Waals surface area contributed by atoms with Gasteiger partial charge in [-0.25, -0.2) is 0 Å². The Morgan fingerprint density at radius 1 is 0.534 bits per heavy atom. The molecule has 9 aromatic carbocycles. The summed E-state index contributed by atoms with van der Waals surface area (Å²) < 4.78 is 15.5. The summed E-state index contributed by atoms with van der Waals surface area (Å²) in [5, 5.41) is 6.51. The second-order valence-electron chi connectivity index (χ2n) is 21.3. The number of benzene rings is 9. The number of nitrogens with one attached hydrogen (secondary N) is 1. The Morgan fingerprint density at radius 3 is 1.81 bits per heavy atom. The molecule has 2 aliphatic heterocycles. The van der Waals surface area contributed by atoms with Crippen LogP contribution in [0.4, 0.5) is 22.7 Å². The van der Waals surface area contributed by atoms with Crippen LogP contribution in [0.2, 0.25) is 0 Å². The molecule has 0 unspecified atom stereocenters. The molecular formula is C67H56GeN4O. The number of ether oxygens (including phenoxy) is 1. The van der Waals surface area contributed by atoms with E-state index in [1.54, 1.807) is 0 Å². The standard InChI is InChI=1S/C67H56GeN4O/c1-66(2,3)46-38-39-69-62(40-46)72-60-37-21-34-56-63(60)64-57(68(56)54-32-15-13-30-52(54)67(4,5)53-31-14-16-33-55(53)68)42-49(43-61(64)72)73-48-27-19-26-47(41-48)70-58-35-17-18-36-59(58)71(6)65-50(44-22-9-7-10-23-44)28-20-29-51(65)45-24-11-8-12-25-45/h7-43,70H,1-6H3. The van der Waals surface area contributed by atoms with Gasteiger partial charge >= 0.3 is 332 Å². The van der Waals surface area contributed by atoms with Gasteiger partial charge in [0.05, 0.1) is 0 Å². The van der Waals surface area contributed by atoms with Crippen molar-refractivity contribution in [2.45, 2.75) is 45.4 Å².